The summed E-state index contributed by atoms with van der Waals surface area (Å²) < 4.78 is 1.47. The minimum Gasteiger partial charge on any atom is -0.383 e. The molecule has 0 bridgehead atoms. The van der Waals surface area contributed by atoms with E-state index in [1.54, 1.807) is 13.1 Å². The van der Waals surface area contributed by atoms with Crippen molar-refractivity contribution in [2.24, 2.45) is 7.05 Å². The first-order chi connectivity index (χ1) is 9.56. The molecule has 5 nitrogen and oxygen atoms in total. The monoisotopic (exact) mass is 266 g/mol. The molecule has 0 aliphatic heterocycles. The number of aromatic nitrogens is 3. The van der Waals surface area contributed by atoms with Gasteiger partial charge in [0.2, 0.25) is 5.78 Å². The second kappa shape index (κ2) is 4.45. The van der Waals surface area contributed by atoms with E-state index in [0.717, 1.165) is 16.5 Å². The topological polar surface area (TPSA) is 73.8 Å². The van der Waals surface area contributed by atoms with Crippen LogP contribution < -0.4 is 5.73 Å². The normalized spacial score (nSPS) is 10.9. The summed E-state index contributed by atoms with van der Waals surface area (Å²) in [6.45, 7) is 2.02. The summed E-state index contributed by atoms with van der Waals surface area (Å²) in [6.07, 6.45) is 1.47. The average molecular weight is 266 g/mol. The van der Waals surface area contributed by atoms with Crippen molar-refractivity contribution >= 4 is 22.5 Å². The van der Waals surface area contributed by atoms with Crippen LogP contribution >= 0.6 is 0 Å². The maximum Gasteiger partial charge on any atom is 0.216 e. The molecule has 0 fully saturated rings. The van der Waals surface area contributed by atoms with E-state index in [-0.39, 0.29) is 5.78 Å². The summed E-state index contributed by atoms with van der Waals surface area (Å²) >= 11 is 0. The van der Waals surface area contributed by atoms with E-state index in [1.807, 2.05) is 31.2 Å². The van der Waals surface area contributed by atoms with Gasteiger partial charge in [-0.2, -0.15) is 5.10 Å². The fraction of sp³-hybridized carbons (Fsp3) is 0.133. The van der Waals surface area contributed by atoms with Gasteiger partial charge in [0.15, 0.2) is 0 Å². The Bertz CT molecular complexity index is 820. The van der Waals surface area contributed by atoms with Crippen molar-refractivity contribution in [2.45, 2.75) is 6.92 Å². The van der Waals surface area contributed by atoms with Gasteiger partial charge < -0.3 is 5.73 Å². The van der Waals surface area contributed by atoms with Crippen molar-refractivity contribution in [3.05, 3.63) is 53.3 Å². The molecule has 0 saturated carbocycles. The number of fused-ring (bicyclic) bond motifs is 1. The van der Waals surface area contributed by atoms with Crippen LogP contribution in [0.1, 0.15) is 21.6 Å². The largest absolute Gasteiger partial charge is 0.383 e. The van der Waals surface area contributed by atoms with Gasteiger partial charge in [0.25, 0.3) is 0 Å². The van der Waals surface area contributed by atoms with Crippen LogP contribution in [0.25, 0.3) is 10.9 Å². The van der Waals surface area contributed by atoms with Gasteiger partial charge in [0.05, 0.1) is 17.3 Å². The van der Waals surface area contributed by atoms with Gasteiger partial charge in [0, 0.05) is 12.4 Å². The third kappa shape index (κ3) is 1.93. The van der Waals surface area contributed by atoms with Gasteiger partial charge in [-0.3, -0.25) is 9.48 Å². The number of anilines is 1. The molecule has 5 heteroatoms. The van der Waals surface area contributed by atoms with Gasteiger partial charge in [-0.15, -0.1) is 0 Å². The van der Waals surface area contributed by atoms with Gasteiger partial charge in [-0.25, -0.2) is 4.98 Å². The Morgan fingerprint density at radius 3 is 2.75 bits per heavy atom. The maximum absolute atomic E-state index is 12.4. The lowest BCUT2D eigenvalue weighted by molar-refractivity contribution is 0.103. The Balaban J connectivity index is 2.08. The van der Waals surface area contributed by atoms with Crippen molar-refractivity contribution < 1.29 is 4.79 Å². The number of ketones is 1. The molecule has 2 N–H and O–H groups in total. The predicted molar refractivity (Wildman–Crippen MR) is 77.5 cm³/mol. The van der Waals surface area contributed by atoms with Crippen molar-refractivity contribution in [3.8, 4) is 0 Å². The van der Waals surface area contributed by atoms with Gasteiger partial charge >= 0.3 is 0 Å². The second-order valence-corrected chi connectivity index (χ2v) is 4.79. The lowest BCUT2D eigenvalue weighted by Crippen LogP contribution is -2.07. The van der Waals surface area contributed by atoms with E-state index in [4.69, 9.17) is 5.73 Å². The van der Waals surface area contributed by atoms with Crippen molar-refractivity contribution in [1.82, 2.24) is 14.8 Å². The highest BCUT2D eigenvalue weighted by atomic mass is 16.1. The number of nitrogens with two attached hydrogens (primary N) is 1. The fourth-order valence-electron chi connectivity index (χ4n) is 2.13. The third-order valence-electron chi connectivity index (χ3n) is 3.31. The molecule has 2 heterocycles. The van der Waals surface area contributed by atoms with Crippen molar-refractivity contribution in [2.75, 3.05) is 5.73 Å². The Hall–Kier alpha value is -2.69. The first-order valence-electron chi connectivity index (χ1n) is 6.26. The summed E-state index contributed by atoms with van der Waals surface area (Å²) in [5.41, 5.74) is 8.54. The number of carbonyl (C=O) groups excluding carboxylic acids is 1. The molecule has 3 aromatic rings. The average Bonchev–Trinajstić information content (AvgIpc) is 2.77. The number of rotatable bonds is 2. The maximum atomic E-state index is 12.4. The zero-order valence-electron chi connectivity index (χ0n) is 11.3. The number of pyridine rings is 1. The molecule has 2 aromatic heterocycles. The predicted octanol–water partition coefficient (Wildman–Crippen LogP) is 2.09. The third-order valence-corrected chi connectivity index (χ3v) is 3.31. The minimum atomic E-state index is -0.210. The smallest absolute Gasteiger partial charge is 0.216 e. The molecular weight excluding hydrogens is 252 g/mol. The van der Waals surface area contributed by atoms with Crippen molar-refractivity contribution in [1.29, 1.82) is 0 Å². The lowest BCUT2D eigenvalue weighted by Gasteiger charge is -2.03. The number of hydrogen-bond acceptors (Lipinski definition) is 4. The molecule has 20 heavy (non-hydrogen) atoms. The summed E-state index contributed by atoms with van der Waals surface area (Å²) in [5.74, 6) is 0.138. The second-order valence-electron chi connectivity index (χ2n) is 4.79. The molecule has 0 unspecified atom stereocenters. The summed E-state index contributed by atoms with van der Waals surface area (Å²) in [5, 5.41) is 4.99. The van der Waals surface area contributed by atoms with Crippen LogP contribution in [0.4, 0.5) is 5.82 Å². The number of benzene rings is 1. The molecule has 0 atom stereocenters. The van der Waals surface area contributed by atoms with Crippen molar-refractivity contribution in [3.63, 3.8) is 0 Å². The standard InChI is InChI=1S/C15H14N4O/c1-9-3-5-12-10(7-9)4-6-13(18-12)14(20)11-8-17-19(2)15(11)16/h3-8H,16H2,1-2H3. The lowest BCUT2D eigenvalue weighted by atomic mass is 10.1. The SMILES string of the molecule is Cc1ccc2nc(C(=O)c3cnn(C)c3N)ccc2c1. The summed E-state index contributed by atoms with van der Waals surface area (Å²) in [7, 11) is 1.70. The van der Waals surface area contributed by atoms with Crippen LogP contribution in [0.15, 0.2) is 36.5 Å². The van der Waals surface area contributed by atoms with Gasteiger partial charge in [-0.05, 0) is 25.1 Å². The zero-order chi connectivity index (χ0) is 14.3. The van der Waals surface area contributed by atoms with Crippen LogP contribution in [0.5, 0.6) is 0 Å². The first kappa shape index (κ1) is 12.3. The quantitative estimate of drug-likeness (QED) is 0.721. The van der Waals surface area contributed by atoms with E-state index >= 15 is 0 Å². The molecule has 3 rings (SSSR count). The highest BCUT2D eigenvalue weighted by Gasteiger charge is 2.17. The fourth-order valence-corrected chi connectivity index (χ4v) is 2.13. The number of hydrogen-bond donors (Lipinski definition) is 1. The number of nitrogen functional groups attached to an aromatic ring is 1. The Kier molecular flexibility index (Phi) is 2.75. The Labute approximate surface area is 116 Å². The summed E-state index contributed by atoms with van der Waals surface area (Å²) in [4.78, 5) is 16.8. The Morgan fingerprint density at radius 1 is 1.25 bits per heavy atom. The van der Waals surface area contributed by atoms with Crippen LogP contribution in [0.2, 0.25) is 0 Å². The molecule has 0 saturated heterocycles. The first-order valence-corrected chi connectivity index (χ1v) is 6.26. The molecule has 0 aliphatic rings. The van der Waals surface area contributed by atoms with Crippen LogP contribution in [-0.4, -0.2) is 20.5 Å². The molecular formula is C15H14N4O. The molecule has 0 aliphatic carbocycles. The molecule has 1 aromatic carbocycles. The molecule has 0 amide bonds. The van der Waals surface area contributed by atoms with E-state index in [0.29, 0.717) is 17.1 Å². The van der Waals surface area contributed by atoms with Crippen LogP contribution in [0, 0.1) is 6.92 Å². The number of aryl methyl sites for hydroxylation is 2. The van der Waals surface area contributed by atoms with E-state index < -0.39 is 0 Å². The Morgan fingerprint density at radius 2 is 2.05 bits per heavy atom. The molecule has 0 radical (unpaired) electrons. The van der Waals surface area contributed by atoms with Gasteiger partial charge in [-0.1, -0.05) is 17.7 Å². The van der Waals surface area contributed by atoms with Crippen LogP contribution in [-0.2, 0) is 7.05 Å². The minimum absolute atomic E-state index is 0.210. The number of carbonyl (C=O) groups is 1. The van der Waals surface area contributed by atoms with E-state index in [1.165, 1.54) is 10.9 Å². The zero-order valence-corrected chi connectivity index (χ0v) is 11.3. The highest BCUT2D eigenvalue weighted by molar-refractivity contribution is 6.11. The van der Waals surface area contributed by atoms with Gasteiger partial charge in [0.1, 0.15) is 11.5 Å². The highest BCUT2D eigenvalue weighted by Crippen LogP contribution is 2.18. The van der Waals surface area contributed by atoms with E-state index in [9.17, 15) is 4.79 Å². The number of nitrogens with zero attached hydrogens (tertiary/aromatic N) is 3. The molecule has 100 valence electrons. The van der Waals surface area contributed by atoms with Crippen LogP contribution in [0.3, 0.4) is 0 Å². The molecule has 0 spiro atoms. The van der Waals surface area contributed by atoms with E-state index in [2.05, 4.69) is 10.1 Å². The summed E-state index contributed by atoms with van der Waals surface area (Å²) in [6, 6.07) is 9.54.